The lowest BCUT2D eigenvalue weighted by molar-refractivity contribution is 0.572. The Balaban J connectivity index is 3.04. The summed E-state index contributed by atoms with van der Waals surface area (Å²) in [5.74, 6) is 1.60. The molecular weight excluding hydrogens is 246 g/mol. The van der Waals surface area contributed by atoms with E-state index in [4.69, 9.17) is 0 Å². The molecule has 3 heteroatoms. The van der Waals surface area contributed by atoms with Crippen LogP contribution < -0.4 is 0 Å². The topological polar surface area (TPSA) is 0 Å². The number of unbranched alkanes of at least 4 members (excludes halogenated alkanes) is 1. The first-order valence-corrected chi connectivity index (χ1v) is 9.84. The van der Waals surface area contributed by atoms with Gasteiger partial charge in [-0.3, -0.25) is 0 Å². The maximum Gasteiger partial charge on any atom is 0.142 e. The number of hydrogen-bond donors (Lipinski definition) is 0. The van der Waals surface area contributed by atoms with E-state index in [1.165, 1.54) is 12.1 Å². The third kappa shape index (κ3) is 4.62. The van der Waals surface area contributed by atoms with Crippen LogP contribution in [0.4, 0.5) is 8.78 Å². The number of rotatable bonds is 3. The molecule has 0 aliphatic carbocycles. The van der Waals surface area contributed by atoms with Crippen LogP contribution >= 0.6 is 0 Å². The van der Waals surface area contributed by atoms with Crippen molar-refractivity contribution in [2.75, 3.05) is 0 Å². The van der Waals surface area contributed by atoms with Crippen LogP contribution in [0.1, 0.15) is 30.9 Å². The van der Waals surface area contributed by atoms with Gasteiger partial charge in [-0.05, 0) is 30.5 Å². The van der Waals surface area contributed by atoms with Gasteiger partial charge in [0.25, 0.3) is 0 Å². The lowest BCUT2D eigenvalue weighted by Crippen LogP contribution is -2.16. The Labute approximate surface area is 109 Å². The summed E-state index contributed by atoms with van der Waals surface area (Å²) in [6.07, 6.45) is 2.67. The minimum atomic E-state index is -1.61. The first kappa shape index (κ1) is 14.9. The Morgan fingerprint density at radius 1 is 1.11 bits per heavy atom. The first-order chi connectivity index (χ1) is 8.33. The van der Waals surface area contributed by atoms with E-state index in [1.54, 1.807) is 0 Å². The van der Waals surface area contributed by atoms with Crippen LogP contribution in [0.5, 0.6) is 0 Å². The second-order valence-corrected chi connectivity index (χ2v) is 10.3. The zero-order chi connectivity index (χ0) is 13.8. The fourth-order valence-electron chi connectivity index (χ4n) is 1.52. The molecule has 0 aromatic heterocycles. The molecule has 0 aliphatic rings. The van der Waals surface area contributed by atoms with Crippen molar-refractivity contribution in [2.45, 2.75) is 45.8 Å². The van der Waals surface area contributed by atoms with E-state index < -0.39 is 19.7 Å². The summed E-state index contributed by atoms with van der Waals surface area (Å²) in [6.45, 7) is 8.20. The van der Waals surface area contributed by atoms with Gasteiger partial charge in [-0.25, -0.2) is 8.78 Å². The molecule has 18 heavy (non-hydrogen) atoms. The number of halogens is 2. The van der Waals surface area contributed by atoms with E-state index in [1.807, 2.05) is 19.6 Å². The predicted octanol–water partition coefficient (Wildman–Crippen LogP) is 4.54. The molecule has 0 bridgehead atoms. The van der Waals surface area contributed by atoms with Crippen molar-refractivity contribution < 1.29 is 8.78 Å². The van der Waals surface area contributed by atoms with Crippen molar-refractivity contribution in [3.05, 3.63) is 34.9 Å². The fourth-order valence-corrected chi connectivity index (χ4v) is 2.02. The second kappa shape index (κ2) is 6.15. The summed E-state index contributed by atoms with van der Waals surface area (Å²) in [6, 6.07) is 2.82. The van der Waals surface area contributed by atoms with E-state index in [0.717, 1.165) is 12.8 Å². The van der Waals surface area contributed by atoms with Crippen molar-refractivity contribution in [3.8, 4) is 11.5 Å². The van der Waals surface area contributed by atoms with Crippen molar-refractivity contribution in [2.24, 2.45) is 0 Å². The van der Waals surface area contributed by atoms with Crippen molar-refractivity contribution in [3.63, 3.8) is 0 Å². The minimum absolute atomic E-state index is 0.0855. The lowest BCUT2D eigenvalue weighted by atomic mass is 10.1. The summed E-state index contributed by atoms with van der Waals surface area (Å²) in [4.78, 5) is 0. The third-order valence-electron chi connectivity index (χ3n) is 2.48. The highest BCUT2D eigenvalue weighted by molar-refractivity contribution is 6.83. The summed E-state index contributed by atoms with van der Waals surface area (Å²) in [5.41, 5.74) is 3.62. The molecule has 0 amide bonds. The Hall–Kier alpha value is -1.14. The molecule has 98 valence electrons. The van der Waals surface area contributed by atoms with Gasteiger partial charge in [-0.1, -0.05) is 38.9 Å². The average Bonchev–Trinajstić information content (AvgIpc) is 2.23. The van der Waals surface area contributed by atoms with Gasteiger partial charge in [0.1, 0.15) is 19.7 Å². The highest BCUT2D eigenvalue weighted by Gasteiger charge is 2.11. The molecule has 0 saturated carbocycles. The van der Waals surface area contributed by atoms with Crippen LogP contribution in [-0.4, -0.2) is 8.07 Å². The van der Waals surface area contributed by atoms with Gasteiger partial charge in [-0.2, -0.15) is 0 Å². The number of hydrogen-bond acceptors (Lipinski definition) is 0. The van der Waals surface area contributed by atoms with Crippen LogP contribution in [0.15, 0.2) is 12.1 Å². The maximum absolute atomic E-state index is 13.8. The highest BCUT2D eigenvalue weighted by atomic mass is 28.3. The molecule has 0 unspecified atom stereocenters. The number of benzene rings is 1. The van der Waals surface area contributed by atoms with Gasteiger partial charge in [-0.15, -0.1) is 5.54 Å². The summed E-state index contributed by atoms with van der Waals surface area (Å²) < 4.78 is 27.6. The number of aryl methyl sites for hydroxylation is 1. The zero-order valence-electron chi connectivity index (χ0n) is 11.5. The third-order valence-corrected chi connectivity index (χ3v) is 3.36. The van der Waals surface area contributed by atoms with Crippen LogP contribution in [-0.2, 0) is 6.42 Å². The van der Waals surface area contributed by atoms with Crippen molar-refractivity contribution in [1.29, 1.82) is 0 Å². The smallest absolute Gasteiger partial charge is 0.142 e. The maximum atomic E-state index is 13.8. The molecule has 0 radical (unpaired) electrons. The van der Waals surface area contributed by atoms with Crippen molar-refractivity contribution >= 4 is 8.07 Å². The molecule has 0 nitrogen and oxygen atoms in total. The van der Waals surface area contributed by atoms with Crippen LogP contribution in [0.2, 0.25) is 19.6 Å². The molecule has 0 spiro atoms. The molecule has 1 rings (SSSR count). The van der Waals surface area contributed by atoms with Gasteiger partial charge in [0.05, 0.1) is 5.56 Å². The SMILES string of the molecule is CCCCc1cc(F)c(C#C[Si](C)(C)C)c(F)c1. The van der Waals surface area contributed by atoms with Gasteiger partial charge < -0.3 is 0 Å². The first-order valence-electron chi connectivity index (χ1n) is 6.34. The minimum Gasteiger partial charge on any atom is -0.206 e. The van der Waals surface area contributed by atoms with Crippen LogP contribution in [0, 0.1) is 23.1 Å². The Bertz CT molecular complexity index is 452. The average molecular weight is 266 g/mol. The van der Waals surface area contributed by atoms with Crippen LogP contribution in [0.3, 0.4) is 0 Å². The molecule has 0 heterocycles. The predicted molar refractivity (Wildman–Crippen MR) is 75.2 cm³/mol. The van der Waals surface area contributed by atoms with E-state index >= 15 is 0 Å². The van der Waals surface area contributed by atoms with E-state index in [9.17, 15) is 8.78 Å². The quantitative estimate of drug-likeness (QED) is 0.557. The van der Waals surface area contributed by atoms with Gasteiger partial charge >= 0.3 is 0 Å². The summed E-state index contributed by atoms with van der Waals surface area (Å²) >= 11 is 0. The van der Waals surface area contributed by atoms with E-state index in [0.29, 0.717) is 12.0 Å². The molecule has 0 fully saturated rings. The second-order valence-electron chi connectivity index (χ2n) is 5.54. The Morgan fingerprint density at radius 3 is 2.11 bits per heavy atom. The zero-order valence-corrected chi connectivity index (χ0v) is 12.5. The molecule has 1 aromatic rings. The largest absolute Gasteiger partial charge is 0.206 e. The van der Waals surface area contributed by atoms with Crippen LogP contribution in [0.25, 0.3) is 0 Å². The molecule has 0 aliphatic heterocycles. The van der Waals surface area contributed by atoms with Gasteiger partial charge in [0, 0.05) is 0 Å². The lowest BCUT2D eigenvalue weighted by Gasteiger charge is -2.06. The Kier molecular flexibility index (Phi) is 5.10. The molecule has 0 atom stereocenters. The van der Waals surface area contributed by atoms with E-state index in [-0.39, 0.29) is 5.56 Å². The molecular formula is C15H20F2Si. The van der Waals surface area contributed by atoms with Gasteiger partial charge in [0.15, 0.2) is 0 Å². The van der Waals surface area contributed by atoms with E-state index in [2.05, 4.69) is 18.4 Å². The molecule has 0 saturated heterocycles. The Morgan fingerprint density at radius 2 is 1.67 bits per heavy atom. The van der Waals surface area contributed by atoms with Crippen molar-refractivity contribution in [1.82, 2.24) is 0 Å². The standard InChI is InChI=1S/C15H20F2Si/c1-5-6-7-12-10-14(16)13(15(17)11-12)8-9-18(2,3)4/h10-11H,5-7H2,1-4H3. The van der Waals surface area contributed by atoms with Gasteiger partial charge in [0.2, 0.25) is 0 Å². The normalized spacial score (nSPS) is 11.0. The molecule has 1 aromatic carbocycles. The fraction of sp³-hybridized carbons (Fsp3) is 0.467. The molecule has 0 N–H and O–H groups in total. The summed E-state index contributed by atoms with van der Waals surface area (Å²) in [7, 11) is -1.61. The highest BCUT2D eigenvalue weighted by Crippen LogP contribution is 2.16. The summed E-state index contributed by atoms with van der Waals surface area (Å²) in [5, 5.41) is 0. The monoisotopic (exact) mass is 266 g/mol.